The predicted octanol–water partition coefficient (Wildman–Crippen LogP) is 8.88. The molecule has 1 aliphatic carbocycles. The summed E-state index contributed by atoms with van der Waals surface area (Å²) in [7, 11) is 0. The van der Waals surface area contributed by atoms with Gasteiger partial charge in [-0.05, 0) is 56.1 Å². The molecule has 4 heteroatoms. The summed E-state index contributed by atoms with van der Waals surface area (Å²) in [6.07, 6.45) is -0.294. The second-order valence-electron chi connectivity index (χ2n) is 11.3. The molecule has 2 N–H and O–H groups in total. The van der Waals surface area contributed by atoms with Crippen LogP contribution in [0.2, 0.25) is 0 Å². The Morgan fingerprint density at radius 1 is 0.523 bits per heavy atom. The maximum Gasteiger partial charge on any atom is 0.158 e. The van der Waals surface area contributed by atoms with Crippen LogP contribution in [-0.2, 0) is 5.41 Å². The van der Waals surface area contributed by atoms with Crippen LogP contribution in [0, 0.1) is 0 Å². The molecule has 1 aliphatic heterocycles. The molecule has 0 bridgehead atoms. The van der Waals surface area contributed by atoms with Crippen molar-refractivity contribution in [1.29, 1.82) is 0 Å². The molecule has 0 fully saturated rings. The first-order valence-electron chi connectivity index (χ1n) is 15.0. The van der Waals surface area contributed by atoms with Gasteiger partial charge in [0.25, 0.3) is 0 Å². The van der Waals surface area contributed by atoms with E-state index in [4.69, 9.17) is 16.6 Å². The van der Waals surface area contributed by atoms with Crippen molar-refractivity contribution in [3.8, 4) is 22.3 Å². The third-order valence-electron chi connectivity index (χ3n) is 8.88. The first-order valence-corrected chi connectivity index (χ1v) is 15.4. The summed E-state index contributed by atoms with van der Waals surface area (Å²) in [4.78, 5) is 5.04. The topological polar surface area (TPSA) is 36.4 Å². The van der Waals surface area contributed by atoms with E-state index in [0.29, 0.717) is 0 Å². The Kier molecular flexibility index (Phi) is 6.63. The summed E-state index contributed by atoms with van der Waals surface area (Å²) in [5.74, 6) is 0.780. The molecule has 1 heterocycles. The van der Waals surface area contributed by atoms with Gasteiger partial charge in [-0.1, -0.05) is 163 Å². The zero-order chi connectivity index (χ0) is 29.5. The molecule has 2 unspecified atom stereocenters. The molecule has 0 radical (unpaired) electrons. The predicted molar refractivity (Wildman–Crippen MR) is 181 cm³/mol. The zero-order valence-corrected chi connectivity index (χ0v) is 24.7. The minimum Gasteiger partial charge on any atom is -0.342 e. The van der Waals surface area contributed by atoms with Crippen molar-refractivity contribution in [3.63, 3.8) is 0 Å². The summed E-state index contributed by atoms with van der Waals surface area (Å²) in [6, 6.07) is 56.4. The van der Waals surface area contributed by atoms with Crippen LogP contribution in [0.15, 0.2) is 163 Å². The van der Waals surface area contributed by atoms with Gasteiger partial charge in [-0.25, -0.2) is 4.99 Å². The van der Waals surface area contributed by atoms with E-state index in [1.54, 1.807) is 0 Å². The van der Waals surface area contributed by atoms with Crippen molar-refractivity contribution in [1.82, 2.24) is 10.6 Å². The molecule has 6 aromatic rings. The summed E-state index contributed by atoms with van der Waals surface area (Å²) in [6.45, 7) is 0. The average molecular weight is 588 g/mol. The Morgan fingerprint density at radius 2 is 1.05 bits per heavy atom. The summed E-state index contributed by atoms with van der Waals surface area (Å²) in [5.41, 5.74) is 11.1. The maximum atomic E-state index is 6.65. The number of rotatable bonds is 5. The molecule has 0 spiro atoms. The first kappa shape index (κ1) is 26.7. The van der Waals surface area contributed by atoms with Crippen molar-refractivity contribution >= 4 is 17.4 Å². The van der Waals surface area contributed by atoms with Gasteiger partial charge in [0.1, 0.15) is 12.0 Å². The normalized spacial score (nSPS) is 18.1. The van der Waals surface area contributed by atoms with Gasteiger partial charge in [0, 0.05) is 5.56 Å². The van der Waals surface area contributed by atoms with Gasteiger partial charge in [-0.3, -0.25) is 5.32 Å². The molecule has 2 atom stereocenters. The number of fused-ring (bicyclic) bond motifs is 3. The minimum atomic E-state index is -0.478. The summed E-state index contributed by atoms with van der Waals surface area (Å²) in [5, 5.41) is 6.68. The van der Waals surface area contributed by atoms with E-state index in [0.717, 1.165) is 22.5 Å². The number of hydrogen-bond donors (Lipinski definition) is 2. The number of nitrogens with zero attached hydrogens (tertiary/aromatic N) is 1. The fourth-order valence-electron chi connectivity index (χ4n) is 7.05. The molecule has 44 heavy (non-hydrogen) atoms. The molecule has 0 saturated carbocycles. The smallest absolute Gasteiger partial charge is 0.158 e. The van der Waals surface area contributed by atoms with Crippen LogP contribution in [0.3, 0.4) is 0 Å². The SMILES string of the molecule is ClC1NC(c2ccccc2)=NC(c2cccc(-c3ccccc3C3(c4ccccc4)c4ccccc4-c4ccccc43)c2)N1. The highest BCUT2D eigenvalue weighted by Gasteiger charge is 2.46. The van der Waals surface area contributed by atoms with Crippen LogP contribution >= 0.6 is 11.6 Å². The molecule has 212 valence electrons. The van der Waals surface area contributed by atoms with Crippen molar-refractivity contribution in [3.05, 3.63) is 191 Å². The van der Waals surface area contributed by atoms with Gasteiger partial charge >= 0.3 is 0 Å². The van der Waals surface area contributed by atoms with Gasteiger partial charge in [0.05, 0.1) is 5.41 Å². The zero-order valence-electron chi connectivity index (χ0n) is 24.0. The third-order valence-corrected chi connectivity index (χ3v) is 9.11. The van der Waals surface area contributed by atoms with E-state index in [2.05, 4.69) is 138 Å². The lowest BCUT2D eigenvalue weighted by Crippen LogP contribution is -2.47. The number of amidine groups is 1. The van der Waals surface area contributed by atoms with Gasteiger partial charge in [-0.15, -0.1) is 0 Å². The van der Waals surface area contributed by atoms with E-state index in [1.165, 1.54) is 38.9 Å². The highest BCUT2D eigenvalue weighted by Crippen LogP contribution is 2.57. The largest absolute Gasteiger partial charge is 0.342 e. The van der Waals surface area contributed by atoms with E-state index in [1.807, 2.05) is 30.3 Å². The molecular formula is C40H30ClN3. The lowest BCUT2D eigenvalue weighted by atomic mass is 9.66. The fraction of sp³-hybridized carbons (Fsp3) is 0.0750. The summed E-state index contributed by atoms with van der Waals surface area (Å²) >= 11 is 6.65. The van der Waals surface area contributed by atoms with Crippen LogP contribution in [0.1, 0.15) is 39.5 Å². The Bertz CT molecular complexity index is 1960. The van der Waals surface area contributed by atoms with Crippen molar-refractivity contribution in [2.75, 3.05) is 0 Å². The Hall–Kier alpha value is -4.96. The Labute approximate surface area is 262 Å². The van der Waals surface area contributed by atoms with E-state index in [-0.39, 0.29) is 6.17 Å². The molecule has 3 nitrogen and oxygen atoms in total. The molecule has 0 amide bonds. The number of nitrogens with one attached hydrogen (secondary N) is 2. The number of halogens is 1. The highest BCUT2D eigenvalue weighted by atomic mass is 35.5. The number of benzene rings is 6. The van der Waals surface area contributed by atoms with E-state index < -0.39 is 11.0 Å². The molecule has 0 saturated heterocycles. The molecule has 8 rings (SSSR count). The lowest BCUT2D eigenvalue weighted by molar-refractivity contribution is 0.483. The second-order valence-corrected chi connectivity index (χ2v) is 11.7. The van der Waals surface area contributed by atoms with Crippen molar-refractivity contribution in [2.24, 2.45) is 4.99 Å². The van der Waals surface area contributed by atoms with Crippen molar-refractivity contribution in [2.45, 2.75) is 17.2 Å². The molecule has 0 aromatic heterocycles. The van der Waals surface area contributed by atoms with Crippen LogP contribution < -0.4 is 10.6 Å². The van der Waals surface area contributed by atoms with Crippen LogP contribution in [0.5, 0.6) is 0 Å². The monoisotopic (exact) mass is 587 g/mol. The first-order chi connectivity index (χ1) is 21.7. The molecule has 6 aromatic carbocycles. The quantitative estimate of drug-likeness (QED) is 0.156. The third kappa shape index (κ3) is 4.28. The van der Waals surface area contributed by atoms with E-state index in [9.17, 15) is 0 Å². The number of hydrogen-bond acceptors (Lipinski definition) is 3. The highest BCUT2D eigenvalue weighted by molar-refractivity contribution is 6.22. The second kappa shape index (κ2) is 10.9. The summed E-state index contributed by atoms with van der Waals surface area (Å²) < 4.78 is 0. The average Bonchev–Trinajstić information content (AvgIpc) is 3.40. The number of aliphatic imine (C=N–C) groups is 1. The Morgan fingerprint density at radius 3 is 1.70 bits per heavy atom. The molecule has 2 aliphatic rings. The number of alkyl halides is 1. The van der Waals surface area contributed by atoms with Gasteiger partial charge < -0.3 is 5.32 Å². The lowest BCUT2D eigenvalue weighted by Gasteiger charge is -2.35. The van der Waals surface area contributed by atoms with Gasteiger partial charge in [0.15, 0.2) is 5.62 Å². The maximum absolute atomic E-state index is 6.65. The van der Waals surface area contributed by atoms with Crippen molar-refractivity contribution < 1.29 is 0 Å². The fourth-order valence-corrected chi connectivity index (χ4v) is 7.27. The molecular weight excluding hydrogens is 558 g/mol. The van der Waals surface area contributed by atoms with Gasteiger partial charge in [-0.2, -0.15) is 0 Å². The minimum absolute atomic E-state index is 0.294. The van der Waals surface area contributed by atoms with Crippen LogP contribution in [0.25, 0.3) is 22.3 Å². The van der Waals surface area contributed by atoms with Crippen LogP contribution in [0.4, 0.5) is 0 Å². The standard InChI is InChI=1S/C40H30ClN3/c41-39-43-37(27-14-3-1-4-15-27)42-38(44-39)29-17-13-16-28(26-29)31-20-7-10-23-34(31)40(30-18-5-2-6-19-30)35-24-11-8-21-32(35)33-22-9-12-25-36(33)40/h1-26,38-39,44H,(H,42,43). The van der Waals surface area contributed by atoms with Crippen LogP contribution in [-0.4, -0.2) is 11.5 Å². The van der Waals surface area contributed by atoms with Gasteiger partial charge in [0.2, 0.25) is 0 Å². The Balaban J connectivity index is 1.32. The van der Waals surface area contributed by atoms with E-state index >= 15 is 0 Å².